The van der Waals surface area contributed by atoms with Gasteiger partial charge in [-0.25, -0.2) is 0 Å². The van der Waals surface area contributed by atoms with Crippen LogP contribution in [0, 0.1) is 0 Å². The number of nitrogens with zero attached hydrogens (tertiary/aromatic N) is 2. The molecule has 0 saturated carbocycles. The lowest BCUT2D eigenvalue weighted by Crippen LogP contribution is -1.96. The first-order valence-electron chi connectivity index (χ1n) is 6.69. The van der Waals surface area contributed by atoms with Crippen LogP contribution in [-0.4, -0.2) is 15.9 Å². The van der Waals surface area contributed by atoms with Crippen LogP contribution in [0.1, 0.15) is 10.4 Å². The summed E-state index contributed by atoms with van der Waals surface area (Å²) < 4.78 is 5.23. The monoisotopic (exact) mass is 315 g/mol. The van der Waals surface area contributed by atoms with Gasteiger partial charge in [-0.2, -0.15) is 11.8 Å². The Balaban J connectivity index is 1.85. The molecule has 4 rings (SSSR count). The minimum atomic E-state index is 0.324. The molecule has 106 valence electrons. The molecule has 4 heterocycles. The first-order chi connectivity index (χ1) is 10.3. The number of hydrogen-bond acceptors (Lipinski definition) is 6. The van der Waals surface area contributed by atoms with Crippen LogP contribution in [0.3, 0.4) is 0 Å². The number of pyridine rings is 1. The molecule has 2 N–H and O–H groups in total. The summed E-state index contributed by atoms with van der Waals surface area (Å²) in [5, 5.41) is 4.17. The molecule has 3 aromatic rings. The fourth-order valence-electron chi connectivity index (χ4n) is 2.49. The van der Waals surface area contributed by atoms with Crippen LogP contribution in [0.25, 0.3) is 21.8 Å². The molecule has 0 radical (unpaired) electrons. The van der Waals surface area contributed by atoms with Crippen LogP contribution in [0.2, 0.25) is 0 Å². The Hall–Kier alpha value is -1.79. The summed E-state index contributed by atoms with van der Waals surface area (Å²) in [7, 11) is 0. The van der Waals surface area contributed by atoms with E-state index in [0.29, 0.717) is 5.88 Å². The van der Waals surface area contributed by atoms with Gasteiger partial charge in [-0.15, -0.1) is 11.3 Å². The predicted molar refractivity (Wildman–Crippen MR) is 87.3 cm³/mol. The SMILES string of the molecule is Nc1onc(-c2cc3c(s2)CCSC3)c1-c1ccccn1. The topological polar surface area (TPSA) is 64.9 Å². The van der Waals surface area contributed by atoms with Gasteiger partial charge in [0, 0.05) is 16.8 Å². The largest absolute Gasteiger partial charge is 0.367 e. The van der Waals surface area contributed by atoms with Crippen molar-refractivity contribution in [3.05, 3.63) is 40.9 Å². The molecule has 0 spiro atoms. The third kappa shape index (κ3) is 2.24. The summed E-state index contributed by atoms with van der Waals surface area (Å²) >= 11 is 3.77. The van der Waals surface area contributed by atoms with Crippen LogP contribution in [-0.2, 0) is 12.2 Å². The van der Waals surface area contributed by atoms with E-state index in [1.807, 2.05) is 30.0 Å². The van der Waals surface area contributed by atoms with Gasteiger partial charge in [-0.05, 0) is 35.9 Å². The summed E-state index contributed by atoms with van der Waals surface area (Å²) in [4.78, 5) is 6.94. The second kappa shape index (κ2) is 5.20. The van der Waals surface area contributed by atoms with E-state index in [0.717, 1.165) is 34.0 Å². The molecule has 21 heavy (non-hydrogen) atoms. The molecule has 0 saturated heterocycles. The van der Waals surface area contributed by atoms with E-state index in [1.165, 1.54) is 16.2 Å². The lowest BCUT2D eigenvalue weighted by Gasteiger charge is -2.08. The first-order valence-corrected chi connectivity index (χ1v) is 8.66. The van der Waals surface area contributed by atoms with Crippen molar-refractivity contribution < 1.29 is 4.52 Å². The Kier molecular flexibility index (Phi) is 3.20. The highest BCUT2D eigenvalue weighted by Gasteiger charge is 2.22. The second-order valence-electron chi connectivity index (χ2n) is 4.85. The number of aromatic nitrogens is 2. The third-order valence-corrected chi connectivity index (χ3v) is 5.75. The van der Waals surface area contributed by atoms with E-state index in [2.05, 4.69) is 16.2 Å². The molecule has 0 fully saturated rings. The summed E-state index contributed by atoms with van der Waals surface area (Å²) in [5.74, 6) is 2.60. The summed E-state index contributed by atoms with van der Waals surface area (Å²) in [6.45, 7) is 0. The molecule has 4 nitrogen and oxygen atoms in total. The van der Waals surface area contributed by atoms with E-state index in [9.17, 15) is 0 Å². The van der Waals surface area contributed by atoms with Gasteiger partial charge in [0.2, 0.25) is 5.88 Å². The fraction of sp³-hybridized carbons (Fsp3) is 0.200. The molecule has 6 heteroatoms. The van der Waals surface area contributed by atoms with Crippen molar-refractivity contribution in [2.75, 3.05) is 11.5 Å². The highest BCUT2D eigenvalue weighted by atomic mass is 32.2. The Bertz CT molecular complexity index is 756. The molecule has 1 aliphatic rings. The molecule has 0 atom stereocenters. The lowest BCUT2D eigenvalue weighted by atomic mass is 10.1. The van der Waals surface area contributed by atoms with Crippen LogP contribution in [0.15, 0.2) is 35.0 Å². The number of nitrogens with two attached hydrogens (primary N) is 1. The van der Waals surface area contributed by atoms with Crippen LogP contribution in [0.4, 0.5) is 5.88 Å². The number of nitrogen functional groups attached to an aromatic ring is 1. The summed E-state index contributed by atoms with van der Waals surface area (Å²) in [6, 6.07) is 7.97. The maximum absolute atomic E-state index is 5.96. The molecule has 0 bridgehead atoms. The number of aryl methyl sites for hydroxylation is 1. The standard InChI is InChI=1S/C15H13N3OS2/c16-15-13(10-3-1-2-5-17-10)14(18-19-15)12-7-9-8-20-6-4-11(9)21-12/h1-3,5,7H,4,6,8,16H2. The zero-order chi connectivity index (χ0) is 14.2. The van der Waals surface area contributed by atoms with Crippen molar-refractivity contribution in [3.63, 3.8) is 0 Å². The van der Waals surface area contributed by atoms with Gasteiger partial charge in [-0.1, -0.05) is 11.2 Å². The Labute approximate surface area is 130 Å². The normalized spacial score (nSPS) is 14.1. The lowest BCUT2D eigenvalue weighted by molar-refractivity contribution is 0.439. The molecular weight excluding hydrogens is 302 g/mol. The highest BCUT2D eigenvalue weighted by molar-refractivity contribution is 7.98. The molecule has 0 amide bonds. The van der Waals surface area contributed by atoms with Crippen LogP contribution < -0.4 is 5.73 Å². The van der Waals surface area contributed by atoms with Gasteiger partial charge < -0.3 is 10.3 Å². The molecule has 0 aromatic carbocycles. The molecule has 0 unspecified atom stereocenters. The van der Waals surface area contributed by atoms with Gasteiger partial charge in [0.15, 0.2) is 0 Å². The average molecular weight is 315 g/mol. The van der Waals surface area contributed by atoms with Gasteiger partial charge in [0.25, 0.3) is 0 Å². The first kappa shape index (κ1) is 12.9. The smallest absolute Gasteiger partial charge is 0.232 e. The zero-order valence-electron chi connectivity index (χ0n) is 11.2. The van der Waals surface area contributed by atoms with Gasteiger partial charge in [0.05, 0.1) is 16.1 Å². The number of fused-ring (bicyclic) bond motifs is 1. The van der Waals surface area contributed by atoms with E-state index in [4.69, 9.17) is 10.3 Å². The Morgan fingerprint density at radius 2 is 2.24 bits per heavy atom. The Morgan fingerprint density at radius 3 is 3.05 bits per heavy atom. The van der Waals surface area contributed by atoms with Crippen molar-refractivity contribution in [1.29, 1.82) is 0 Å². The van der Waals surface area contributed by atoms with E-state index >= 15 is 0 Å². The molecule has 1 aliphatic heterocycles. The quantitative estimate of drug-likeness (QED) is 0.778. The summed E-state index contributed by atoms with van der Waals surface area (Å²) in [5.41, 5.74) is 9.77. The van der Waals surface area contributed by atoms with E-state index < -0.39 is 0 Å². The van der Waals surface area contributed by atoms with Crippen molar-refractivity contribution in [1.82, 2.24) is 10.1 Å². The van der Waals surface area contributed by atoms with Gasteiger partial charge >= 0.3 is 0 Å². The van der Waals surface area contributed by atoms with Crippen molar-refractivity contribution in [3.8, 4) is 21.8 Å². The third-order valence-electron chi connectivity index (χ3n) is 3.50. The second-order valence-corrected chi connectivity index (χ2v) is 7.09. The van der Waals surface area contributed by atoms with Gasteiger partial charge in [0.1, 0.15) is 5.69 Å². The van der Waals surface area contributed by atoms with Crippen molar-refractivity contribution in [2.24, 2.45) is 0 Å². The van der Waals surface area contributed by atoms with Crippen molar-refractivity contribution >= 4 is 29.0 Å². The molecule has 3 aromatic heterocycles. The van der Waals surface area contributed by atoms with Crippen LogP contribution in [0.5, 0.6) is 0 Å². The van der Waals surface area contributed by atoms with Gasteiger partial charge in [-0.3, -0.25) is 4.98 Å². The van der Waals surface area contributed by atoms with Crippen LogP contribution >= 0.6 is 23.1 Å². The fourth-order valence-corrected chi connectivity index (χ4v) is 4.85. The molecular formula is C15H13N3OS2. The number of rotatable bonds is 2. The number of thiophene rings is 1. The average Bonchev–Trinajstić information content (AvgIpc) is 3.11. The number of thioether (sulfide) groups is 1. The Morgan fingerprint density at radius 1 is 1.29 bits per heavy atom. The maximum Gasteiger partial charge on any atom is 0.232 e. The summed E-state index contributed by atoms with van der Waals surface area (Å²) in [6.07, 6.45) is 2.89. The van der Waals surface area contributed by atoms with Crippen molar-refractivity contribution in [2.45, 2.75) is 12.2 Å². The molecule has 0 aliphatic carbocycles. The highest BCUT2D eigenvalue weighted by Crippen LogP contribution is 2.41. The minimum absolute atomic E-state index is 0.324. The van der Waals surface area contributed by atoms with E-state index in [-0.39, 0.29) is 0 Å². The zero-order valence-corrected chi connectivity index (χ0v) is 12.8. The predicted octanol–water partition coefficient (Wildman–Crippen LogP) is 3.84. The maximum atomic E-state index is 5.96. The number of hydrogen-bond donors (Lipinski definition) is 1. The van der Waals surface area contributed by atoms with E-state index in [1.54, 1.807) is 17.5 Å². The minimum Gasteiger partial charge on any atom is -0.367 e. The number of anilines is 1.